The molecule has 2 aromatic rings. The first-order valence-electron chi connectivity index (χ1n) is 5.13. The summed E-state index contributed by atoms with van der Waals surface area (Å²) in [5.74, 6) is 0. The summed E-state index contributed by atoms with van der Waals surface area (Å²) in [6, 6.07) is 5.32. The third-order valence-corrected chi connectivity index (χ3v) is 2.74. The maximum Gasteiger partial charge on any atom is 0.347 e. The molecule has 0 spiro atoms. The van der Waals surface area contributed by atoms with Gasteiger partial charge in [-0.3, -0.25) is 4.57 Å². The van der Waals surface area contributed by atoms with Gasteiger partial charge in [-0.2, -0.15) is 0 Å². The largest absolute Gasteiger partial charge is 0.398 e. The second-order valence-electron chi connectivity index (χ2n) is 3.90. The monoisotopic (exact) mass is 249 g/mol. The molecule has 0 fully saturated rings. The fourth-order valence-electron chi connectivity index (χ4n) is 1.57. The van der Waals surface area contributed by atoms with E-state index < -0.39 is 0 Å². The van der Waals surface area contributed by atoms with Crippen LogP contribution < -0.4 is 11.4 Å². The number of aryl methyl sites for hydroxylation is 1. The number of hydrogen-bond donors (Lipinski definition) is 1. The van der Waals surface area contributed by atoms with Gasteiger partial charge in [-0.1, -0.05) is 17.7 Å². The Bertz CT molecular complexity index is 607. The third kappa shape index (κ3) is 2.65. The van der Waals surface area contributed by atoms with Gasteiger partial charge in [-0.25, -0.2) is 9.78 Å². The van der Waals surface area contributed by atoms with Crippen LogP contribution in [0.4, 0.5) is 5.69 Å². The molecular formula is C12H12ClN3O. The molecule has 0 bridgehead atoms. The molecule has 4 nitrogen and oxygen atoms in total. The Balaban J connectivity index is 2.34. The predicted octanol–water partition coefficient (Wildman–Crippen LogP) is 1.84. The highest BCUT2D eigenvalue weighted by atomic mass is 35.5. The van der Waals surface area contributed by atoms with Gasteiger partial charge in [0.1, 0.15) is 0 Å². The summed E-state index contributed by atoms with van der Waals surface area (Å²) in [5, 5.41) is 0.517. The third-order valence-electron chi connectivity index (χ3n) is 2.40. The second-order valence-corrected chi connectivity index (χ2v) is 4.30. The lowest BCUT2D eigenvalue weighted by Gasteiger charge is -2.07. The molecule has 0 aliphatic rings. The molecule has 1 heterocycles. The number of hydrogen-bond acceptors (Lipinski definition) is 3. The van der Waals surface area contributed by atoms with E-state index in [0.717, 1.165) is 11.1 Å². The number of aromatic nitrogens is 2. The van der Waals surface area contributed by atoms with Crippen molar-refractivity contribution in [2.24, 2.45) is 0 Å². The zero-order valence-electron chi connectivity index (χ0n) is 9.35. The first-order chi connectivity index (χ1) is 8.06. The quantitative estimate of drug-likeness (QED) is 0.826. The van der Waals surface area contributed by atoms with Crippen molar-refractivity contribution < 1.29 is 0 Å². The highest BCUT2D eigenvalue weighted by molar-refractivity contribution is 6.33. The predicted molar refractivity (Wildman–Crippen MR) is 68.2 cm³/mol. The molecule has 0 unspecified atom stereocenters. The van der Waals surface area contributed by atoms with Crippen LogP contribution in [-0.4, -0.2) is 9.55 Å². The van der Waals surface area contributed by atoms with Gasteiger partial charge in [0, 0.05) is 12.4 Å². The van der Waals surface area contributed by atoms with Crippen LogP contribution in [0.3, 0.4) is 0 Å². The van der Waals surface area contributed by atoms with E-state index in [0.29, 0.717) is 17.3 Å². The van der Waals surface area contributed by atoms with E-state index in [1.807, 2.05) is 13.0 Å². The maximum atomic E-state index is 11.5. The summed E-state index contributed by atoms with van der Waals surface area (Å²) >= 11 is 5.83. The smallest absolute Gasteiger partial charge is 0.347 e. The molecule has 88 valence electrons. The van der Waals surface area contributed by atoms with Crippen molar-refractivity contribution in [3.63, 3.8) is 0 Å². The van der Waals surface area contributed by atoms with Crippen LogP contribution in [-0.2, 0) is 6.54 Å². The Hall–Kier alpha value is -1.81. The Morgan fingerprint density at radius 2 is 2.24 bits per heavy atom. The van der Waals surface area contributed by atoms with Crippen molar-refractivity contribution in [2.75, 3.05) is 5.73 Å². The van der Waals surface area contributed by atoms with Gasteiger partial charge >= 0.3 is 5.69 Å². The minimum atomic E-state index is -0.274. The van der Waals surface area contributed by atoms with Gasteiger partial charge in [0.15, 0.2) is 0 Å². The summed E-state index contributed by atoms with van der Waals surface area (Å²) < 4.78 is 1.54. The zero-order chi connectivity index (χ0) is 12.4. The number of nitrogens with zero attached hydrogens (tertiary/aromatic N) is 2. The number of anilines is 1. The van der Waals surface area contributed by atoms with Crippen LogP contribution in [0.15, 0.2) is 35.4 Å². The SMILES string of the molecule is Cc1cnc(=O)n(Cc2ccc(Cl)c(N)c2)c1. The number of nitrogen functional groups attached to an aromatic ring is 1. The minimum Gasteiger partial charge on any atom is -0.398 e. The molecule has 0 saturated heterocycles. The molecule has 0 aliphatic heterocycles. The normalized spacial score (nSPS) is 10.5. The number of rotatable bonds is 2. The topological polar surface area (TPSA) is 60.9 Å². The van der Waals surface area contributed by atoms with Crippen molar-refractivity contribution in [1.29, 1.82) is 0 Å². The summed E-state index contributed by atoms with van der Waals surface area (Å²) in [6.45, 7) is 2.33. The summed E-state index contributed by atoms with van der Waals surface area (Å²) in [6.07, 6.45) is 3.31. The van der Waals surface area contributed by atoms with Crippen LogP contribution in [0, 0.1) is 6.92 Å². The lowest BCUT2D eigenvalue weighted by Crippen LogP contribution is -2.22. The van der Waals surface area contributed by atoms with Crippen molar-refractivity contribution in [3.8, 4) is 0 Å². The van der Waals surface area contributed by atoms with Gasteiger partial charge < -0.3 is 5.73 Å². The van der Waals surface area contributed by atoms with Crippen LogP contribution in [0.2, 0.25) is 5.02 Å². The standard InChI is InChI=1S/C12H12ClN3O/c1-8-5-15-12(17)16(6-8)7-9-2-3-10(13)11(14)4-9/h2-6H,7,14H2,1H3. The van der Waals surface area contributed by atoms with Crippen molar-refractivity contribution in [3.05, 3.63) is 57.2 Å². The lowest BCUT2D eigenvalue weighted by molar-refractivity contribution is 0.721. The number of nitrogens with two attached hydrogens (primary N) is 1. The van der Waals surface area contributed by atoms with Gasteiger partial charge in [0.05, 0.1) is 17.3 Å². The van der Waals surface area contributed by atoms with Crippen LogP contribution in [0.5, 0.6) is 0 Å². The molecule has 1 aromatic heterocycles. The molecule has 2 rings (SSSR count). The van der Waals surface area contributed by atoms with E-state index in [9.17, 15) is 4.79 Å². The van der Waals surface area contributed by atoms with Crippen LogP contribution in [0.25, 0.3) is 0 Å². The van der Waals surface area contributed by atoms with Gasteiger partial charge in [0.2, 0.25) is 0 Å². The van der Waals surface area contributed by atoms with Crippen molar-refractivity contribution >= 4 is 17.3 Å². The number of benzene rings is 1. The Morgan fingerprint density at radius 3 is 2.94 bits per heavy atom. The molecule has 0 atom stereocenters. The van der Waals surface area contributed by atoms with E-state index in [-0.39, 0.29) is 5.69 Å². The highest BCUT2D eigenvalue weighted by Crippen LogP contribution is 2.19. The Labute approximate surface area is 104 Å². The summed E-state index contributed by atoms with van der Waals surface area (Å²) in [4.78, 5) is 15.3. The molecule has 17 heavy (non-hydrogen) atoms. The first-order valence-corrected chi connectivity index (χ1v) is 5.51. The van der Waals surface area contributed by atoms with Gasteiger partial charge in [-0.15, -0.1) is 0 Å². The van der Waals surface area contributed by atoms with Crippen molar-refractivity contribution in [2.45, 2.75) is 13.5 Å². The average Bonchev–Trinajstić information content (AvgIpc) is 2.29. The average molecular weight is 250 g/mol. The van der Waals surface area contributed by atoms with Crippen LogP contribution in [0.1, 0.15) is 11.1 Å². The molecular weight excluding hydrogens is 238 g/mol. The highest BCUT2D eigenvalue weighted by Gasteiger charge is 2.02. The second kappa shape index (κ2) is 4.59. The van der Waals surface area contributed by atoms with Gasteiger partial charge in [0.25, 0.3) is 0 Å². The Kier molecular flexibility index (Phi) is 3.15. The molecule has 0 aliphatic carbocycles. The molecule has 2 N–H and O–H groups in total. The van der Waals surface area contributed by atoms with E-state index in [1.54, 1.807) is 24.5 Å². The van der Waals surface area contributed by atoms with E-state index in [2.05, 4.69) is 4.98 Å². The molecule has 0 radical (unpaired) electrons. The maximum absolute atomic E-state index is 11.5. The van der Waals surface area contributed by atoms with E-state index >= 15 is 0 Å². The van der Waals surface area contributed by atoms with E-state index in [4.69, 9.17) is 17.3 Å². The molecule has 5 heteroatoms. The summed E-state index contributed by atoms with van der Waals surface area (Å²) in [7, 11) is 0. The first kappa shape index (κ1) is 11.7. The van der Waals surface area contributed by atoms with Crippen LogP contribution >= 0.6 is 11.6 Å². The van der Waals surface area contributed by atoms with Gasteiger partial charge in [-0.05, 0) is 30.2 Å². The zero-order valence-corrected chi connectivity index (χ0v) is 10.1. The minimum absolute atomic E-state index is 0.274. The van der Waals surface area contributed by atoms with E-state index in [1.165, 1.54) is 4.57 Å². The molecule has 0 saturated carbocycles. The lowest BCUT2D eigenvalue weighted by atomic mass is 10.2. The Morgan fingerprint density at radius 1 is 1.47 bits per heavy atom. The fraction of sp³-hybridized carbons (Fsp3) is 0.167. The fourth-order valence-corrected chi connectivity index (χ4v) is 1.68. The molecule has 0 amide bonds. The molecule has 1 aromatic carbocycles. The number of halogens is 1. The summed E-state index contributed by atoms with van der Waals surface area (Å²) in [5.41, 5.74) is 7.80. The van der Waals surface area contributed by atoms with Crippen molar-refractivity contribution in [1.82, 2.24) is 9.55 Å².